The summed E-state index contributed by atoms with van der Waals surface area (Å²) < 4.78 is 0. The van der Waals surface area contributed by atoms with Crippen molar-refractivity contribution in [2.45, 2.75) is 149 Å². The zero-order chi connectivity index (χ0) is 25.7. The minimum Gasteiger partial charge on any atom is -0.478 e. The fourth-order valence-corrected chi connectivity index (χ4v) is 3.53. The van der Waals surface area contributed by atoms with Gasteiger partial charge in [-0.2, -0.15) is 4.89 Å². The van der Waals surface area contributed by atoms with E-state index in [2.05, 4.69) is 16.8 Å². The third-order valence-corrected chi connectivity index (χ3v) is 6.61. The molecule has 0 aromatic rings. The molecule has 0 unspecified atom stereocenters. The maximum absolute atomic E-state index is 12.2. The molecule has 0 amide bonds. The predicted molar refractivity (Wildman–Crippen MR) is 137 cm³/mol. The van der Waals surface area contributed by atoms with Crippen LogP contribution in [0.25, 0.3) is 0 Å². The fraction of sp³-hybridized carbons (Fsp3) is 0.857. The summed E-state index contributed by atoms with van der Waals surface area (Å²) in [7, 11) is 0. The Morgan fingerprint density at radius 1 is 0.765 bits per heavy atom. The van der Waals surface area contributed by atoms with Gasteiger partial charge in [0.05, 0.1) is 0 Å². The molecule has 1 N–H and O–H groups in total. The molecule has 6 nitrogen and oxygen atoms in total. The molecule has 0 aliphatic rings. The van der Waals surface area contributed by atoms with Gasteiger partial charge in [-0.1, -0.05) is 117 Å². The number of carboxylic acid groups (broad SMARTS) is 1. The van der Waals surface area contributed by atoms with E-state index >= 15 is 0 Å². The molecule has 0 aliphatic carbocycles. The van der Waals surface area contributed by atoms with Crippen LogP contribution in [0.2, 0.25) is 0 Å². The first-order chi connectivity index (χ1) is 16.2. The van der Waals surface area contributed by atoms with Gasteiger partial charge in [0.1, 0.15) is 5.60 Å². The third-order valence-electron chi connectivity index (χ3n) is 6.61. The van der Waals surface area contributed by atoms with Crippen LogP contribution in [-0.4, -0.2) is 22.6 Å². The highest BCUT2D eigenvalue weighted by atomic mass is 17.5. The molecule has 0 bridgehead atoms. The molecule has 0 saturated carbocycles. The fourth-order valence-electron chi connectivity index (χ4n) is 3.53. The van der Waals surface area contributed by atoms with Gasteiger partial charge in [0.15, 0.2) is 0 Å². The van der Waals surface area contributed by atoms with Crippen molar-refractivity contribution >= 4 is 11.9 Å². The van der Waals surface area contributed by atoms with E-state index in [1.807, 2.05) is 27.7 Å². The molecule has 0 spiro atoms. The van der Waals surface area contributed by atoms with E-state index in [1.165, 1.54) is 83.5 Å². The van der Waals surface area contributed by atoms with Crippen LogP contribution >= 0.6 is 0 Å². The van der Waals surface area contributed by atoms with Gasteiger partial charge in [0, 0.05) is 11.6 Å². The first-order valence-corrected chi connectivity index (χ1v) is 13.7. The largest absolute Gasteiger partial charge is 0.478 e. The van der Waals surface area contributed by atoms with Crippen molar-refractivity contribution < 1.29 is 29.5 Å². The number of rotatable bonds is 23. The van der Waals surface area contributed by atoms with Gasteiger partial charge in [0.25, 0.3) is 0 Å². The Morgan fingerprint density at radius 2 is 1.18 bits per heavy atom. The van der Waals surface area contributed by atoms with Crippen LogP contribution in [0.4, 0.5) is 0 Å². The number of hydrogen-bond donors (Lipinski definition) is 1. The first kappa shape index (κ1) is 32.6. The molecule has 0 aromatic carbocycles. The van der Waals surface area contributed by atoms with Crippen molar-refractivity contribution in [3.05, 3.63) is 11.6 Å². The second-order valence-electron chi connectivity index (χ2n) is 10.3. The molecule has 0 rings (SSSR count). The molecule has 0 heterocycles. The molecule has 0 radical (unpaired) electrons. The lowest BCUT2D eigenvalue weighted by Crippen LogP contribution is -2.31. The van der Waals surface area contributed by atoms with E-state index in [4.69, 9.17) is 9.99 Å². The van der Waals surface area contributed by atoms with E-state index in [9.17, 15) is 9.59 Å². The van der Waals surface area contributed by atoms with Crippen molar-refractivity contribution in [3.63, 3.8) is 0 Å². The quantitative estimate of drug-likeness (QED) is 0.0677. The molecule has 0 fully saturated rings. The Bertz CT molecular complexity index is 553. The molecule has 34 heavy (non-hydrogen) atoms. The number of carbonyl (C=O) groups excluding carboxylic acids is 1. The maximum atomic E-state index is 12.2. The van der Waals surface area contributed by atoms with Crippen LogP contribution in [0.5, 0.6) is 0 Å². The van der Waals surface area contributed by atoms with E-state index < -0.39 is 17.5 Å². The minimum absolute atomic E-state index is 0.0869. The van der Waals surface area contributed by atoms with Crippen molar-refractivity contribution in [3.8, 4) is 0 Å². The Labute approximate surface area is 208 Å². The predicted octanol–water partition coefficient (Wildman–Crippen LogP) is 8.49. The van der Waals surface area contributed by atoms with Crippen LogP contribution in [0.15, 0.2) is 11.6 Å². The Morgan fingerprint density at radius 3 is 1.56 bits per heavy atom. The normalized spacial score (nSPS) is 12.4. The second-order valence-corrected chi connectivity index (χ2v) is 10.3. The van der Waals surface area contributed by atoms with Gasteiger partial charge in [-0.15, -0.1) is 0 Å². The molecule has 6 heteroatoms. The van der Waals surface area contributed by atoms with Crippen molar-refractivity contribution in [1.82, 2.24) is 0 Å². The summed E-state index contributed by atoms with van der Waals surface area (Å²) in [5.74, 6) is -1.85. The molecule has 0 atom stereocenters. The smallest absolute Gasteiger partial charge is 0.372 e. The summed E-state index contributed by atoms with van der Waals surface area (Å²) in [5.41, 5.74) is -0.547. The van der Waals surface area contributed by atoms with Crippen molar-refractivity contribution in [2.24, 2.45) is 5.92 Å². The highest BCUT2D eigenvalue weighted by Crippen LogP contribution is 2.21. The average molecular weight is 485 g/mol. The van der Waals surface area contributed by atoms with Crippen molar-refractivity contribution in [2.75, 3.05) is 0 Å². The van der Waals surface area contributed by atoms with Gasteiger partial charge in [-0.05, 0) is 37.6 Å². The number of carboxylic acids is 1. The van der Waals surface area contributed by atoms with Gasteiger partial charge in [0.2, 0.25) is 0 Å². The standard InChI is InChI=1S/C28H52O6/c1-6-7-8-9-10-11-12-13-14-15-16-17-18-19-20-21-22-25(23-26(29)30)27(31)32-34-33-28(4,5)24(2)3/h23-24H,6-22H2,1-5H3,(H,29,30). The maximum Gasteiger partial charge on any atom is 0.372 e. The van der Waals surface area contributed by atoms with Crippen LogP contribution in [-0.2, 0) is 24.4 Å². The lowest BCUT2D eigenvalue weighted by Gasteiger charge is -2.25. The molecule has 0 aromatic heterocycles. The molecule has 0 saturated heterocycles. The number of hydrogen-bond acceptors (Lipinski definition) is 5. The van der Waals surface area contributed by atoms with E-state index in [-0.39, 0.29) is 11.5 Å². The van der Waals surface area contributed by atoms with E-state index in [0.717, 1.165) is 25.3 Å². The Balaban J connectivity index is 3.82. The zero-order valence-corrected chi connectivity index (χ0v) is 22.7. The highest BCUT2D eigenvalue weighted by molar-refractivity contribution is 5.95. The molecule has 200 valence electrons. The van der Waals surface area contributed by atoms with E-state index in [1.54, 1.807) is 0 Å². The summed E-state index contributed by atoms with van der Waals surface area (Å²) >= 11 is 0. The average Bonchev–Trinajstić information content (AvgIpc) is 2.77. The Kier molecular flexibility index (Phi) is 20.1. The highest BCUT2D eigenvalue weighted by Gasteiger charge is 2.26. The molecular formula is C28H52O6. The van der Waals surface area contributed by atoms with Crippen LogP contribution < -0.4 is 0 Å². The van der Waals surface area contributed by atoms with Gasteiger partial charge < -0.3 is 5.11 Å². The number of unbranched alkanes of at least 4 members (excludes halogenated alkanes) is 15. The summed E-state index contributed by atoms with van der Waals surface area (Å²) in [6, 6.07) is 0. The second kappa shape index (κ2) is 20.9. The number of aliphatic carboxylic acids is 1. The monoisotopic (exact) mass is 484 g/mol. The first-order valence-electron chi connectivity index (χ1n) is 13.7. The lowest BCUT2D eigenvalue weighted by molar-refractivity contribution is -0.519. The molecular weight excluding hydrogens is 432 g/mol. The minimum atomic E-state index is -1.17. The lowest BCUT2D eigenvalue weighted by atomic mass is 9.95. The van der Waals surface area contributed by atoms with Gasteiger partial charge in [-0.25, -0.2) is 9.59 Å². The third kappa shape index (κ3) is 19.0. The van der Waals surface area contributed by atoms with Crippen LogP contribution in [0.1, 0.15) is 144 Å². The molecule has 0 aliphatic heterocycles. The van der Waals surface area contributed by atoms with E-state index in [0.29, 0.717) is 6.42 Å². The Hall–Kier alpha value is -1.40. The summed E-state index contributed by atoms with van der Waals surface area (Å²) in [5, 5.41) is 13.7. The van der Waals surface area contributed by atoms with Crippen molar-refractivity contribution in [1.29, 1.82) is 0 Å². The topological polar surface area (TPSA) is 82.1 Å². The zero-order valence-electron chi connectivity index (χ0n) is 22.7. The van der Waals surface area contributed by atoms with Gasteiger partial charge in [-0.3, -0.25) is 4.89 Å². The number of carbonyl (C=O) groups is 2. The summed E-state index contributed by atoms with van der Waals surface area (Å²) in [6.45, 7) is 9.81. The summed E-state index contributed by atoms with van der Waals surface area (Å²) in [4.78, 5) is 33.0. The summed E-state index contributed by atoms with van der Waals surface area (Å²) in [6.07, 6.45) is 21.5. The van der Waals surface area contributed by atoms with Gasteiger partial charge >= 0.3 is 11.9 Å². The SMILES string of the molecule is CCCCCCCCCCCCCCCCCCC(=CC(=O)O)C(=O)OOOC(C)(C)C(C)C. The van der Waals surface area contributed by atoms with Crippen LogP contribution in [0, 0.1) is 5.92 Å². The van der Waals surface area contributed by atoms with Crippen LogP contribution in [0.3, 0.4) is 0 Å².